The minimum atomic E-state index is -1.05. The SMILES string of the molecule is O=C(O)c1cccc(C(=O)Nc2ccc3sccc3c2)c1. The highest BCUT2D eigenvalue weighted by molar-refractivity contribution is 7.17. The maximum Gasteiger partial charge on any atom is 0.335 e. The van der Waals surface area contributed by atoms with E-state index < -0.39 is 5.97 Å². The van der Waals surface area contributed by atoms with Gasteiger partial charge in [0, 0.05) is 16.0 Å². The molecule has 0 saturated carbocycles. The second kappa shape index (κ2) is 5.38. The van der Waals surface area contributed by atoms with Gasteiger partial charge in [-0.15, -0.1) is 11.3 Å². The van der Waals surface area contributed by atoms with Crippen LogP contribution in [-0.2, 0) is 0 Å². The molecule has 1 aromatic heterocycles. The van der Waals surface area contributed by atoms with Crippen LogP contribution in [-0.4, -0.2) is 17.0 Å². The summed E-state index contributed by atoms with van der Waals surface area (Å²) in [4.78, 5) is 23.1. The molecule has 0 spiro atoms. The molecule has 0 aliphatic heterocycles. The second-order valence-corrected chi connectivity index (χ2v) is 5.46. The van der Waals surface area contributed by atoms with Crippen LogP contribution in [0.3, 0.4) is 0 Å². The molecular formula is C16H11NO3S. The zero-order valence-electron chi connectivity index (χ0n) is 10.9. The van der Waals surface area contributed by atoms with Gasteiger partial charge in [0.15, 0.2) is 0 Å². The lowest BCUT2D eigenvalue weighted by Crippen LogP contribution is -2.12. The third-order valence-corrected chi connectivity index (χ3v) is 3.98. The number of carbonyl (C=O) groups is 2. The summed E-state index contributed by atoms with van der Waals surface area (Å²) in [6, 6.07) is 13.6. The Morgan fingerprint density at radius 2 is 1.81 bits per heavy atom. The molecule has 104 valence electrons. The average molecular weight is 297 g/mol. The van der Waals surface area contributed by atoms with Crippen molar-refractivity contribution in [3.8, 4) is 0 Å². The van der Waals surface area contributed by atoms with Gasteiger partial charge in [-0.25, -0.2) is 4.79 Å². The average Bonchev–Trinajstić information content (AvgIpc) is 2.95. The topological polar surface area (TPSA) is 66.4 Å². The van der Waals surface area contributed by atoms with Crippen molar-refractivity contribution in [2.75, 3.05) is 5.32 Å². The minimum Gasteiger partial charge on any atom is -0.478 e. The van der Waals surface area contributed by atoms with Crippen LogP contribution in [0.15, 0.2) is 53.9 Å². The molecule has 0 aliphatic carbocycles. The van der Waals surface area contributed by atoms with E-state index >= 15 is 0 Å². The summed E-state index contributed by atoms with van der Waals surface area (Å²) in [5.74, 6) is -1.38. The molecule has 1 heterocycles. The highest BCUT2D eigenvalue weighted by Crippen LogP contribution is 2.24. The van der Waals surface area contributed by atoms with Crippen LogP contribution in [0.5, 0.6) is 0 Å². The van der Waals surface area contributed by atoms with Gasteiger partial charge in [-0.1, -0.05) is 6.07 Å². The smallest absolute Gasteiger partial charge is 0.335 e. The normalized spacial score (nSPS) is 10.5. The number of carbonyl (C=O) groups excluding carboxylic acids is 1. The maximum atomic E-state index is 12.2. The van der Waals surface area contributed by atoms with E-state index in [1.165, 1.54) is 12.1 Å². The largest absolute Gasteiger partial charge is 0.478 e. The van der Waals surface area contributed by atoms with E-state index in [-0.39, 0.29) is 11.5 Å². The summed E-state index contributed by atoms with van der Waals surface area (Å²) in [5.41, 5.74) is 1.10. The van der Waals surface area contributed by atoms with Gasteiger partial charge >= 0.3 is 5.97 Å². The first-order valence-corrected chi connectivity index (χ1v) is 7.13. The van der Waals surface area contributed by atoms with Crippen molar-refractivity contribution in [2.24, 2.45) is 0 Å². The van der Waals surface area contributed by atoms with Crippen LogP contribution in [0.25, 0.3) is 10.1 Å². The molecule has 0 aliphatic rings. The number of rotatable bonds is 3. The predicted molar refractivity (Wildman–Crippen MR) is 83.2 cm³/mol. The Labute approximate surface area is 124 Å². The van der Waals surface area contributed by atoms with Crippen LogP contribution in [0.4, 0.5) is 5.69 Å². The Balaban J connectivity index is 1.85. The van der Waals surface area contributed by atoms with Crippen molar-refractivity contribution in [3.63, 3.8) is 0 Å². The molecule has 0 unspecified atom stereocenters. The fraction of sp³-hybridized carbons (Fsp3) is 0. The zero-order chi connectivity index (χ0) is 14.8. The molecule has 0 radical (unpaired) electrons. The molecule has 0 bridgehead atoms. The number of benzene rings is 2. The van der Waals surface area contributed by atoms with E-state index in [4.69, 9.17) is 5.11 Å². The standard InChI is InChI=1S/C16H11NO3S/c18-15(11-2-1-3-12(8-11)16(19)20)17-13-4-5-14-10(9-13)6-7-21-14/h1-9H,(H,17,18)(H,19,20). The number of hydrogen-bond acceptors (Lipinski definition) is 3. The lowest BCUT2D eigenvalue weighted by molar-refractivity contribution is 0.0697. The first kappa shape index (κ1) is 13.3. The first-order chi connectivity index (χ1) is 10.1. The molecular weight excluding hydrogens is 286 g/mol. The molecule has 21 heavy (non-hydrogen) atoms. The van der Waals surface area contributed by atoms with Crippen LogP contribution in [0.1, 0.15) is 20.7 Å². The number of fused-ring (bicyclic) bond motifs is 1. The molecule has 3 aromatic rings. The van der Waals surface area contributed by atoms with Crippen LogP contribution < -0.4 is 5.32 Å². The fourth-order valence-corrected chi connectivity index (χ4v) is 2.81. The van der Waals surface area contributed by atoms with Crippen LogP contribution in [0, 0.1) is 0 Å². The maximum absolute atomic E-state index is 12.2. The van der Waals surface area contributed by atoms with Gasteiger partial charge in [-0.3, -0.25) is 4.79 Å². The summed E-state index contributed by atoms with van der Waals surface area (Å²) in [5, 5.41) is 14.8. The van der Waals surface area contributed by atoms with E-state index in [2.05, 4.69) is 5.32 Å². The third-order valence-electron chi connectivity index (χ3n) is 3.08. The van der Waals surface area contributed by atoms with Crippen molar-refractivity contribution in [2.45, 2.75) is 0 Å². The molecule has 3 rings (SSSR count). The fourth-order valence-electron chi connectivity index (χ4n) is 2.04. The Morgan fingerprint density at radius 3 is 2.62 bits per heavy atom. The van der Waals surface area contributed by atoms with E-state index in [0.29, 0.717) is 11.3 Å². The molecule has 1 amide bonds. The highest BCUT2D eigenvalue weighted by Gasteiger charge is 2.10. The molecule has 2 N–H and O–H groups in total. The predicted octanol–water partition coefficient (Wildman–Crippen LogP) is 3.85. The molecule has 0 atom stereocenters. The van der Waals surface area contributed by atoms with Gasteiger partial charge in [-0.2, -0.15) is 0 Å². The summed E-state index contributed by atoms with van der Waals surface area (Å²) in [6.07, 6.45) is 0. The Bertz CT molecular complexity index is 838. The number of anilines is 1. The minimum absolute atomic E-state index is 0.0935. The van der Waals surface area contributed by atoms with Crippen molar-refractivity contribution < 1.29 is 14.7 Å². The van der Waals surface area contributed by atoms with Crippen molar-refractivity contribution >= 4 is 39.0 Å². The van der Waals surface area contributed by atoms with E-state index in [1.807, 2.05) is 29.6 Å². The van der Waals surface area contributed by atoms with E-state index in [9.17, 15) is 9.59 Å². The summed E-state index contributed by atoms with van der Waals surface area (Å²) >= 11 is 1.64. The second-order valence-electron chi connectivity index (χ2n) is 4.51. The Kier molecular flexibility index (Phi) is 3.41. The number of aromatic carboxylic acids is 1. The van der Waals surface area contributed by atoms with E-state index in [1.54, 1.807) is 23.5 Å². The number of carboxylic acids is 1. The van der Waals surface area contributed by atoms with Gasteiger partial charge in [0.05, 0.1) is 5.56 Å². The van der Waals surface area contributed by atoms with Crippen LogP contribution in [0.2, 0.25) is 0 Å². The zero-order valence-corrected chi connectivity index (χ0v) is 11.7. The monoisotopic (exact) mass is 297 g/mol. The van der Waals surface area contributed by atoms with Crippen molar-refractivity contribution in [1.29, 1.82) is 0 Å². The third kappa shape index (κ3) is 2.78. The molecule has 4 nitrogen and oxygen atoms in total. The van der Waals surface area contributed by atoms with Crippen molar-refractivity contribution in [3.05, 3.63) is 65.0 Å². The number of hydrogen-bond donors (Lipinski definition) is 2. The number of thiophene rings is 1. The molecule has 5 heteroatoms. The quantitative estimate of drug-likeness (QED) is 0.771. The van der Waals surface area contributed by atoms with Crippen molar-refractivity contribution in [1.82, 2.24) is 0 Å². The molecule has 0 saturated heterocycles. The molecule has 2 aromatic carbocycles. The van der Waals surface area contributed by atoms with Gasteiger partial charge in [0.25, 0.3) is 5.91 Å². The number of amides is 1. The van der Waals surface area contributed by atoms with Gasteiger partial charge in [-0.05, 0) is 53.2 Å². The first-order valence-electron chi connectivity index (χ1n) is 6.25. The lowest BCUT2D eigenvalue weighted by atomic mass is 10.1. The van der Waals surface area contributed by atoms with Gasteiger partial charge in [0.1, 0.15) is 0 Å². The van der Waals surface area contributed by atoms with Crippen LogP contribution >= 0.6 is 11.3 Å². The molecule has 0 fully saturated rings. The number of carboxylic acid groups (broad SMARTS) is 1. The summed E-state index contributed by atoms with van der Waals surface area (Å²) in [7, 11) is 0. The number of nitrogens with one attached hydrogen (secondary N) is 1. The summed E-state index contributed by atoms with van der Waals surface area (Å²) < 4.78 is 1.15. The van der Waals surface area contributed by atoms with Gasteiger partial charge in [0.2, 0.25) is 0 Å². The van der Waals surface area contributed by atoms with E-state index in [0.717, 1.165) is 10.1 Å². The highest BCUT2D eigenvalue weighted by atomic mass is 32.1. The lowest BCUT2D eigenvalue weighted by Gasteiger charge is -2.06. The Hall–Kier alpha value is -2.66. The summed E-state index contributed by atoms with van der Waals surface area (Å²) in [6.45, 7) is 0. The Morgan fingerprint density at radius 1 is 1.00 bits per heavy atom. The van der Waals surface area contributed by atoms with Gasteiger partial charge < -0.3 is 10.4 Å².